The van der Waals surface area contributed by atoms with Crippen molar-refractivity contribution in [2.75, 3.05) is 0 Å². The number of allylic oxidation sites excluding steroid dienone is 1. The summed E-state index contributed by atoms with van der Waals surface area (Å²) in [6.45, 7) is 6.32. The van der Waals surface area contributed by atoms with E-state index < -0.39 is 10.0 Å². The third kappa shape index (κ3) is 3.13. The lowest BCUT2D eigenvalue weighted by Crippen LogP contribution is -2.12. The molecule has 0 aliphatic carbocycles. The summed E-state index contributed by atoms with van der Waals surface area (Å²) in [7, 11) is -3.58. The maximum atomic E-state index is 12.2. The Balaban J connectivity index is 2.06. The maximum absolute atomic E-state index is 12.2. The second kappa shape index (κ2) is 5.46. The van der Waals surface area contributed by atoms with Gasteiger partial charge < -0.3 is 0 Å². The lowest BCUT2D eigenvalue weighted by Gasteiger charge is -2.19. The summed E-state index contributed by atoms with van der Waals surface area (Å²) in [6, 6.07) is 15.2. The highest BCUT2D eigenvalue weighted by Crippen LogP contribution is 2.32. The van der Waals surface area contributed by atoms with Crippen LogP contribution in [0.25, 0.3) is 6.08 Å². The normalized spacial score (nSPS) is 16.4. The van der Waals surface area contributed by atoms with Gasteiger partial charge in [-0.2, -0.15) is 12.8 Å². The van der Waals surface area contributed by atoms with Crippen molar-refractivity contribution in [3.63, 3.8) is 0 Å². The third-order valence-corrected chi connectivity index (χ3v) is 5.20. The molecule has 4 heteroatoms. The summed E-state index contributed by atoms with van der Waals surface area (Å²) >= 11 is 0. The van der Waals surface area contributed by atoms with E-state index in [4.69, 9.17) is 0 Å². The van der Waals surface area contributed by atoms with Gasteiger partial charge in [0, 0.05) is 5.56 Å². The highest BCUT2D eigenvalue weighted by molar-refractivity contribution is 7.90. The molecule has 0 unspecified atom stereocenters. The van der Waals surface area contributed by atoms with E-state index >= 15 is 0 Å². The second-order valence-electron chi connectivity index (χ2n) is 6.66. The number of fused-ring (bicyclic) bond motifs is 1. The SMILES string of the molecule is CC(C)(C)c1ccc2c(c1)C(C=Cc1ccccc1)=NS2(=O)=O. The second-order valence-corrected chi connectivity index (χ2v) is 8.23. The molecule has 0 bridgehead atoms. The molecule has 3 rings (SSSR count). The van der Waals surface area contributed by atoms with Gasteiger partial charge in [0.2, 0.25) is 0 Å². The smallest absolute Gasteiger partial charge is 0.199 e. The zero-order valence-electron chi connectivity index (χ0n) is 13.4. The average Bonchev–Trinajstić information content (AvgIpc) is 2.76. The van der Waals surface area contributed by atoms with Crippen LogP contribution in [0, 0.1) is 0 Å². The Morgan fingerprint density at radius 3 is 2.30 bits per heavy atom. The van der Waals surface area contributed by atoms with Crippen molar-refractivity contribution in [2.45, 2.75) is 31.1 Å². The van der Waals surface area contributed by atoms with Crippen LogP contribution in [-0.2, 0) is 15.4 Å². The van der Waals surface area contributed by atoms with Gasteiger partial charge in [0.15, 0.2) is 0 Å². The Morgan fingerprint density at radius 2 is 1.65 bits per heavy atom. The highest BCUT2D eigenvalue weighted by Gasteiger charge is 2.29. The molecule has 1 heterocycles. The number of benzene rings is 2. The van der Waals surface area contributed by atoms with E-state index in [-0.39, 0.29) is 5.41 Å². The average molecular weight is 325 g/mol. The van der Waals surface area contributed by atoms with Crippen molar-refractivity contribution in [3.8, 4) is 0 Å². The minimum atomic E-state index is -3.58. The quantitative estimate of drug-likeness (QED) is 0.831. The van der Waals surface area contributed by atoms with Crippen LogP contribution < -0.4 is 0 Å². The van der Waals surface area contributed by atoms with Crippen LogP contribution in [0.3, 0.4) is 0 Å². The molecule has 0 amide bonds. The Labute approximate surface area is 137 Å². The number of nitrogens with zero attached hydrogens (tertiary/aromatic N) is 1. The van der Waals surface area contributed by atoms with Crippen LogP contribution in [0.5, 0.6) is 0 Å². The topological polar surface area (TPSA) is 46.5 Å². The van der Waals surface area contributed by atoms with Crippen LogP contribution in [-0.4, -0.2) is 14.1 Å². The molecule has 3 nitrogen and oxygen atoms in total. The summed E-state index contributed by atoms with van der Waals surface area (Å²) in [5.41, 5.74) is 3.23. The van der Waals surface area contributed by atoms with Crippen molar-refractivity contribution >= 4 is 21.8 Å². The molecule has 0 N–H and O–H groups in total. The van der Waals surface area contributed by atoms with E-state index in [1.807, 2.05) is 48.5 Å². The van der Waals surface area contributed by atoms with Gasteiger partial charge in [0.05, 0.1) is 10.6 Å². The number of rotatable bonds is 2. The van der Waals surface area contributed by atoms with E-state index in [1.54, 1.807) is 12.1 Å². The first-order valence-electron chi connectivity index (χ1n) is 7.50. The summed E-state index contributed by atoms with van der Waals surface area (Å²) in [4.78, 5) is 0.290. The van der Waals surface area contributed by atoms with E-state index in [0.717, 1.165) is 11.1 Å². The molecule has 0 saturated carbocycles. The first-order valence-corrected chi connectivity index (χ1v) is 8.94. The lowest BCUT2D eigenvalue weighted by molar-refractivity contribution is 0.587. The Kier molecular flexibility index (Phi) is 3.72. The Morgan fingerprint density at radius 1 is 0.957 bits per heavy atom. The molecule has 118 valence electrons. The largest absolute Gasteiger partial charge is 0.283 e. The third-order valence-electron chi connectivity index (χ3n) is 3.85. The number of sulfonamides is 1. The standard InChI is InChI=1S/C19H19NO2S/c1-19(2,3)15-10-12-18-16(13-15)17(20-23(18,21)22)11-9-14-7-5-4-6-8-14/h4-13H,1-3H3. The fraction of sp³-hybridized carbons (Fsp3) is 0.211. The Hall–Kier alpha value is -2.20. The van der Waals surface area contributed by atoms with E-state index in [9.17, 15) is 8.42 Å². The van der Waals surface area contributed by atoms with Gasteiger partial charge in [-0.05, 0) is 34.8 Å². The fourth-order valence-corrected chi connectivity index (χ4v) is 3.71. The molecule has 0 fully saturated rings. The molecule has 1 aliphatic heterocycles. The van der Waals surface area contributed by atoms with E-state index in [1.165, 1.54) is 0 Å². The molecule has 0 saturated heterocycles. The van der Waals surface area contributed by atoms with Crippen LogP contribution in [0.1, 0.15) is 37.5 Å². The predicted octanol–water partition coefficient (Wildman–Crippen LogP) is 4.19. The zero-order valence-corrected chi connectivity index (χ0v) is 14.3. The molecular formula is C19H19NO2S. The number of hydrogen-bond acceptors (Lipinski definition) is 2. The molecule has 2 aromatic carbocycles. The number of hydrogen-bond donors (Lipinski definition) is 0. The van der Waals surface area contributed by atoms with Gasteiger partial charge in [-0.1, -0.05) is 63.2 Å². The van der Waals surface area contributed by atoms with Crippen molar-refractivity contribution in [2.24, 2.45) is 4.40 Å². The predicted molar refractivity (Wildman–Crippen MR) is 94.3 cm³/mol. The summed E-state index contributed by atoms with van der Waals surface area (Å²) in [5.74, 6) is 0. The van der Waals surface area contributed by atoms with Gasteiger partial charge >= 0.3 is 0 Å². The van der Waals surface area contributed by atoms with Gasteiger partial charge in [-0.15, -0.1) is 0 Å². The molecule has 23 heavy (non-hydrogen) atoms. The molecule has 1 aliphatic rings. The molecular weight excluding hydrogens is 306 g/mol. The zero-order chi connectivity index (χ0) is 16.7. The van der Waals surface area contributed by atoms with Crippen LogP contribution >= 0.6 is 0 Å². The van der Waals surface area contributed by atoms with E-state index in [0.29, 0.717) is 16.2 Å². The lowest BCUT2D eigenvalue weighted by atomic mass is 9.85. The van der Waals surface area contributed by atoms with Gasteiger partial charge in [0.25, 0.3) is 10.0 Å². The van der Waals surface area contributed by atoms with Gasteiger partial charge in [-0.25, -0.2) is 0 Å². The summed E-state index contributed by atoms with van der Waals surface area (Å²) < 4.78 is 28.4. The minimum absolute atomic E-state index is 0.0460. The molecule has 2 aromatic rings. The summed E-state index contributed by atoms with van der Waals surface area (Å²) in [5, 5.41) is 0. The first kappa shape index (κ1) is 15.7. The maximum Gasteiger partial charge on any atom is 0.283 e. The van der Waals surface area contributed by atoms with E-state index in [2.05, 4.69) is 25.2 Å². The van der Waals surface area contributed by atoms with Crippen LogP contribution in [0.15, 0.2) is 63.9 Å². The van der Waals surface area contributed by atoms with Crippen molar-refractivity contribution in [1.82, 2.24) is 0 Å². The highest BCUT2D eigenvalue weighted by atomic mass is 32.2. The summed E-state index contributed by atoms with van der Waals surface area (Å²) in [6.07, 6.45) is 3.65. The molecule has 0 atom stereocenters. The van der Waals surface area contributed by atoms with Crippen LogP contribution in [0.4, 0.5) is 0 Å². The first-order chi connectivity index (χ1) is 10.8. The monoisotopic (exact) mass is 325 g/mol. The van der Waals surface area contributed by atoms with Crippen molar-refractivity contribution < 1.29 is 8.42 Å². The van der Waals surface area contributed by atoms with Crippen molar-refractivity contribution in [1.29, 1.82) is 0 Å². The van der Waals surface area contributed by atoms with Crippen LogP contribution in [0.2, 0.25) is 0 Å². The molecule has 0 aromatic heterocycles. The van der Waals surface area contributed by atoms with Crippen molar-refractivity contribution in [3.05, 3.63) is 71.3 Å². The minimum Gasteiger partial charge on any atom is -0.199 e. The van der Waals surface area contributed by atoms with Gasteiger partial charge in [-0.3, -0.25) is 0 Å². The fourth-order valence-electron chi connectivity index (χ4n) is 2.51. The van der Waals surface area contributed by atoms with Gasteiger partial charge in [0.1, 0.15) is 0 Å². The molecule has 0 radical (unpaired) electrons. The molecule has 0 spiro atoms. The Bertz CT molecular complexity index is 902.